The molecule has 0 spiro atoms. The van der Waals surface area contributed by atoms with Crippen molar-refractivity contribution in [3.05, 3.63) is 66.1 Å². The Kier molecular flexibility index (Phi) is 4.90. The van der Waals surface area contributed by atoms with E-state index in [1.807, 2.05) is 0 Å². The Balaban J connectivity index is 1.36. The maximum atomic E-state index is 13.9. The number of halogens is 1. The number of pyridine rings is 1. The first-order chi connectivity index (χ1) is 17.3. The number of amides is 2. The van der Waals surface area contributed by atoms with Crippen molar-refractivity contribution in [3.63, 3.8) is 0 Å². The molecule has 5 atom stereocenters. The zero-order valence-corrected chi connectivity index (χ0v) is 19.3. The van der Waals surface area contributed by atoms with E-state index in [2.05, 4.69) is 11.1 Å². The normalized spacial score (nSPS) is 30.6. The summed E-state index contributed by atoms with van der Waals surface area (Å²) in [7, 11) is 0. The topological polar surface area (TPSA) is 113 Å². The number of aliphatic hydroxyl groups is 1. The van der Waals surface area contributed by atoms with Gasteiger partial charge in [0.05, 0.1) is 46.9 Å². The van der Waals surface area contributed by atoms with Crippen LogP contribution in [0.4, 0.5) is 10.1 Å². The molecule has 6 rings (SSSR count). The van der Waals surface area contributed by atoms with Gasteiger partial charge in [-0.25, -0.2) is 9.29 Å². The summed E-state index contributed by atoms with van der Waals surface area (Å²) in [5.41, 5.74) is -1.24. The third-order valence-electron chi connectivity index (χ3n) is 7.81. The molecule has 1 aromatic heterocycles. The van der Waals surface area contributed by atoms with E-state index >= 15 is 0 Å². The minimum absolute atomic E-state index is 0.112. The predicted octanol–water partition coefficient (Wildman–Crippen LogP) is 3.11. The van der Waals surface area contributed by atoms with E-state index in [4.69, 9.17) is 9.47 Å². The van der Waals surface area contributed by atoms with Crippen LogP contribution in [0.25, 0.3) is 10.9 Å². The van der Waals surface area contributed by atoms with Crippen LogP contribution in [0.2, 0.25) is 0 Å². The molecule has 3 fully saturated rings. The number of fused-ring (bicyclic) bond motifs is 6. The Morgan fingerprint density at radius 3 is 2.81 bits per heavy atom. The number of imide groups is 1. The summed E-state index contributed by atoms with van der Waals surface area (Å²) in [5, 5.41) is 20.9. The van der Waals surface area contributed by atoms with Gasteiger partial charge < -0.3 is 14.6 Å². The molecule has 1 N–H and O–H groups in total. The molecular formula is C27H22FN3O5. The van der Waals surface area contributed by atoms with Crippen molar-refractivity contribution >= 4 is 28.4 Å². The molecule has 0 aliphatic carbocycles. The van der Waals surface area contributed by atoms with E-state index < -0.39 is 46.8 Å². The fourth-order valence-corrected chi connectivity index (χ4v) is 6.20. The van der Waals surface area contributed by atoms with Crippen LogP contribution >= 0.6 is 0 Å². The lowest BCUT2D eigenvalue weighted by atomic mass is 9.66. The van der Waals surface area contributed by atoms with Crippen LogP contribution in [0.1, 0.15) is 25.3 Å². The zero-order valence-electron chi connectivity index (χ0n) is 19.3. The van der Waals surface area contributed by atoms with Crippen molar-refractivity contribution in [3.8, 4) is 11.8 Å². The number of aromatic nitrogens is 1. The van der Waals surface area contributed by atoms with E-state index in [1.165, 1.54) is 18.2 Å². The Morgan fingerprint density at radius 1 is 1.22 bits per heavy atom. The number of carbonyl (C=O) groups is 2. The SMILES string of the molecule is CC12OC(CCOc3cccc(F)c3)(CC1O)C1C(=O)N(c3ccc(C#N)c4ncccc34)C(=O)C12. The molecular weight excluding hydrogens is 465 g/mol. The Morgan fingerprint density at radius 2 is 2.03 bits per heavy atom. The number of anilines is 1. The van der Waals surface area contributed by atoms with E-state index in [-0.39, 0.29) is 19.4 Å². The molecule has 2 bridgehead atoms. The molecule has 3 aliphatic heterocycles. The first-order valence-electron chi connectivity index (χ1n) is 11.7. The number of hydrogen-bond acceptors (Lipinski definition) is 7. The summed E-state index contributed by atoms with van der Waals surface area (Å²) in [4.78, 5) is 33.1. The fraction of sp³-hybridized carbons (Fsp3) is 0.333. The van der Waals surface area contributed by atoms with Crippen molar-refractivity contribution in [2.45, 2.75) is 37.1 Å². The van der Waals surface area contributed by atoms with Crippen LogP contribution in [-0.2, 0) is 14.3 Å². The van der Waals surface area contributed by atoms with Crippen molar-refractivity contribution in [2.75, 3.05) is 11.5 Å². The van der Waals surface area contributed by atoms with Gasteiger partial charge in [-0.05, 0) is 43.3 Å². The smallest absolute Gasteiger partial charge is 0.240 e. The molecule has 3 aromatic rings. The number of ether oxygens (including phenoxy) is 2. The van der Waals surface area contributed by atoms with Crippen molar-refractivity contribution in [1.82, 2.24) is 4.98 Å². The second-order valence-corrected chi connectivity index (χ2v) is 9.74. The van der Waals surface area contributed by atoms with Gasteiger partial charge in [0.2, 0.25) is 11.8 Å². The lowest BCUT2D eigenvalue weighted by molar-refractivity contribution is -0.134. The molecule has 2 amide bonds. The Bertz CT molecular complexity index is 1470. The number of hydrogen-bond donors (Lipinski definition) is 1. The largest absolute Gasteiger partial charge is 0.493 e. The van der Waals surface area contributed by atoms with Crippen molar-refractivity contribution in [1.29, 1.82) is 5.26 Å². The molecule has 3 aliphatic rings. The monoisotopic (exact) mass is 487 g/mol. The van der Waals surface area contributed by atoms with E-state index in [0.29, 0.717) is 27.9 Å². The molecule has 0 radical (unpaired) electrons. The van der Waals surface area contributed by atoms with Crippen LogP contribution < -0.4 is 9.64 Å². The predicted molar refractivity (Wildman–Crippen MR) is 125 cm³/mol. The highest BCUT2D eigenvalue weighted by molar-refractivity contribution is 6.26. The molecule has 2 aromatic carbocycles. The van der Waals surface area contributed by atoms with E-state index in [1.54, 1.807) is 43.5 Å². The fourth-order valence-electron chi connectivity index (χ4n) is 6.20. The van der Waals surface area contributed by atoms with Crippen LogP contribution in [0, 0.1) is 29.0 Å². The van der Waals surface area contributed by atoms with Crippen LogP contribution in [0.15, 0.2) is 54.7 Å². The van der Waals surface area contributed by atoms with E-state index in [0.717, 1.165) is 4.90 Å². The molecule has 4 heterocycles. The minimum Gasteiger partial charge on any atom is -0.493 e. The van der Waals surface area contributed by atoms with Crippen molar-refractivity contribution < 1.29 is 28.6 Å². The Hall–Kier alpha value is -3.87. The summed E-state index contributed by atoms with van der Waals surface area (Å²) in [5.74, 6) is -2.63. The van der Waals surface area contributed by atoms with Gasteiger partial charge in [0, 0.05) is 30.5 Å². The molecule has 8 nitrogen and oxygen atoms in total. The van der Waals surface area contributed by atoms with Crippen molar-refractivity contribution in [2.24, 2.45) is 11.8 Å². The summed E-state index contributed by atoms with van der Waals surface area (Å²) < 4.78 is 25.6. The van der Waals surface area contributed by atoms with Crippen LogP contribution in [-0.4, -0.2) is 45.8 Å². The average molecular weight is 487 g/mol. The molecule has 3 saturated heterocycles. The lowest BCUT2D eigenvalue weighted by Gasteiger charge is -2.33. The molecule has 182 valence electrons. The lowest BCUT2D eigenvalue weighted by Crippen LogP contribution is -2.49. The maximum Gasteiger partial charge on any atom is 0.240 e. The molecule has 5 unspecified atom stereocenters. The molecule has 0 saturated carbocycles. The summed E-state index contributed by atoms with van der Waals surface area (Å²) in [6.45, 7) is 1.78. The zero-order chi connectivity index (χ0) is 25.2. The summed E-state index contributed by atoms with van der Waals surface area (Å²) in [6, 6.07) is 14.4. The summed E-state index contributed by atoms with van der Waals surface area (Å²) >= 11 is 0. The van der Waals surface area contributed by atoms with Crippen LogP contribution in [0.3, 0.4) is 0 Å². The molecule has 9 heteroatoms. The number of rotatable bonds is 5. The van der Waals surface area contributed by atoms with Gasteiger partial charge in [-0.1, -0.05) is 6.07 Å². The van der Waals surface area contributed by atoms with Gasteiger partial charge in [-0.15, -0.1) is 0 Å². The summed E-state index contributed by atoms with van der Waals surface area (Å²) in [6.07, 6.45) is 1.03. The quantitative estimate of drug-likeness (QED) is 0.550. The maximum absolute atomic E-state index is 13.9. The minimum atomic E-state index is -1.23. The standard InChI is InChI=1S/C27H22FN3O5/c1-26-20(32)13-27(36-26,9-11-35-17-5-2-4-16(28)12-17)22-21(26)24(33)31(25(22)34)19-8-7-15(14-29)23-18(19)6-3-10-30-23/h2-8,10,12,20-22,32H,9,11,13H2,1H3. The molecule has 36 heavy (non-hydrogen) atoms. The van der Waals surface area contributed by atoms with Gasteiger partial charge >= 0.3 is 0 Å². The number of aliphatic hydroxyl groups excluding tert-OH is 1. The highest BCUT2D eigenvalue weighted by atomic mass is 19.1. The number of benzene rings is 2. The number of carbonyl (C=O) groups excluding carboxylic acids is 2. The number of nitriles is 1. The first kappa shape index (κ1) is 22.6. The van der Waals surface area contributed by atoms with Gasteiger partial charge in [0.1, 0.15) is 23.2 Å². The second kappa shape index (κ2) is 7.82. The number of nitrogens with zero attached hydrogens (tertiary/aromatic N) is 3. The first-order valence-corrected chi connectivity index (χ1v) is 11.7. The highest BCUT2D eigenvalue weighted by Gasteiger charge is 2.77. The van der Waals surface area contributed by atoms with Gasteiger partial charge in [-0.2, -0.15) is 5.26 Å². The average Bonchev–Trinajstić information content (AvgIpc) is 3.39. The Labute approximate surface area is 205 Å². The van der Waals surface area contributed by atoms with Gasteiger partial charge in [0.25, 0.3) is 0 Å². The van der Waals surface area contributed by atoms with E-state index in [9.17, 15) is 24.3 Å². The highest BCUT2D eigenvalue weighted by Crippen LogP contribution is 2.62. The van der Waals surface area contributed by atoms with Crippen LogP contribution in [0.5, 0.6) is 5.75 Å². The van der Waals surface area contributed by atoms with Gasteiger partial charge in [-0.3, -0.25) is 14.6 Å². The second-order valence-electron chi connectivity index (χ2n) is 9.74. The third-order valence-corrected chi connectivity index (χ3v) is 7.81. The third kappa shape index (κ3) is 3.01. The van der Waals surface area contributed by atoms with Gasteiger partial charge in [0.15, 0.2) is 0 Å².